The molecule has 19 heavy (non-hydrogen) atoms. The topological polar surface area (TPSA) is 44.5 Å². The van der Waals surface area contributed by atoms with Gasteiger partial charge in [0.1, 0.15) is 12.4 Å². The Hall–Kier alpha value is -0.580. The van der Waals surface area contributed by atoms with E-state index in [1.165, 1.54) is 0 Å². The Morgan fingerprint density at radius 3 is 2.74 bits per heavy atom. The highest BCUT2D eigenvalue weighted by molar-refractivity contribution is 9.10. The van der Waals surface area contributed by atoms with Gasteiger partial charge in [-0.2, -0.15) is 0 Å². The van der Waals surface area contributed by atoms with Crippen molar-refractivity contribution in [2.45, 2.75) is 39.2 Å². The molecule has 0 saturated heterocycles. The van der Waals surface area contributed by atoms with E-state index in [2.05, 4.69) is 28.9 Å². The van der Waals surface area contributed by atoms with Crippen molar-refractivity contribution >= 4 is 15.9 Å². The first-order chi connectivity index (χ1) is 9.15. The first-order valence-corrected chi connectivity index (χ1v) is 7.68. The van der Waals surface area contributed by atoms with E-state index in [4.69, 9.17) is 15.2 Å². The van der Waals surface area contributed by atoms with E-state index in [9.17, 15) is 0 Å². The summed E-state index contributed by atoms with van der Waals surface area (Å²) in [7, 11) is 0. The summed E-state index contributed by atoms with van der Waals surface area (Å²) in [5.41, 5.74) is 6.99. The van der Waals surface area contributed by atoms with Crippen LogP contribution in [0.1, 0.15) is 32.3 Å². The summed E-state index contributed by atoms with van der Waals surface area (Å²) in [5, 5.41) is 0. The second-order valence-electron chi connectivity index (χ2n) is 4.72. The first-order valence-electron chi connectivity index (χ1n) is 6.88. The molecule has 108 valence electrons. The van der Waals surface area contributed by atoms with E-state index >= 15 is 0 Å². The monoisotopic (exact) mass is 329 g/mol. The Morgan fingerprint density at radius 2 is 2.05 bits per heavy atom. The van der Waals surface area contributed by atoms with Gasteiger partial charge in [0.15, 0.2) is 0 Å². The number of rotatable bonds is 9. The molecule has 0 radical (unpaired) electrons. The van der Waals surface area contributed by atoms with Gasteiger partial charge >= 0.3 is 0 Å². The van der Waals surface area contributed by atoms with Gasteiger partial charge in [-0.05, 0) is 47.3 Å². The van der Waals surface area contributed by atoms with Crippen LogP contribution in [-0.2, 0) is 11.2 Å². The smallest absolute Gasteiger partial charge is 0.136 e. The van der Waals surface area contributed by atoms with Crippen LogP contribution in [0.3, 0.4) is 0 Å². The van der Waals surface area contributed by atoms with Crippen molar-refractivity contribution in [1.82, 2.24) is 0 Å². The van der Waals surface area contributed by atoms with Crippen LogP contribution in [0, 0.1) is 0 Å². The lowest BCUT2D eigenvalue weighted by molar-refractivity contribution is 0.0974. The molecule has 0 aromatic heterocycles. The minimum absolute atomic E-state index is 0.123. The average molecular weight is 330 g/mol. The molecule has 1 unspecified atom stereocenters. The number of halogens is 1. The third-order valence-electron chi connectivity index (χ3n) is 2.71. The zero-order valence-corrected chi connectivity index (χ0v) is 13.4. The quantitative estimate of drug-likeness (QED) is 0.705. The summed E-state index contributed by atoms with van der Waals surface area (Å²) in [6.07, 6.45) is 3.07. The number of hydrogen-bond acceptors (Lipinski definition) is 3. The third kappa shape index (κ3) is 6.41. The fourth-order valence-electron chi connectivity index (χ4n) is 1.77. The molecule has 0 fully saturated rings. The highest BCUT2D eigenvalue weighted by atomic mass is 79.9. The zero-order valence-electron chi connectivity index (χ0n) is 11.8. The second kappa shape index (κ2) is 9.34. The van der Waals surface area contributed by atoms with Crippen LogP contribution < -0.4 is 10.5 Å². The lowest BCUT2D eigenvalue weighted by atomic mass is 10.1. The predicted molar refractivity (Wildman–Crippen MR) is 82.7 cm³/mol. The Balaban J connectivity index is 2.47. The summed E-state index contributed by atoms with van der Waals surface area (Å²) in [6, 6.07) is 6.17. The van der Waals surface area contributed by atoms with Crippen LogP contribution in [-0.4, -0.2) is 25.9 Å². The number of benzene rings is 1. The molecule has 0 spiro atoms. The Labute approximate surface area is 124 Å². The van der Waals surface area contributed by atoms with Crippen molar-refractivity contribution in [2.75, 3.05) is 19.8 Å². The highest BCUT2D eigenvalue weighted by Gasteiger charge is 2.09. The maximum atomic E-state index is 5.86. The maximum absolute atomic E-state index is 5.86. The molecule has 0 aliphatic rings. The molecule has 3 nitrogen and oxygen atoms in total. The van der Waals surface area contributed by atoms with Gasteiger partial charge in [-0.1, -0.05) is 25.5 Å². The minimum Gasteiger partial charge on any atom is -0.490 e. The highest BCUT2D eigenvalue weighted by Crippen LogP contribution is 2.29. The van der Waals surface area contributed by atoms with E-state index < -0.39 is 0 Å². The average Bonchev–Trinajstić information content (AvgIpc) is 2.35. The van der Waals surface area contributed by atoms with Crippen molar-refractivity contribution in [3.05, 3.63) is 28.2 Å². The van der Waals surface area contributed by atoms with Crippen molar-refractivity contribution in [3.63, 3.8) is 0 Å². The number of ether oxygens (including phenoxy) is 2. The zero-order chi connectivity index (χ0) is 14.1. The normalized spacial score (nSPS) is 12.4. The van der Waals surface area contributed by atoms with Crippen molar-refractivity contribution in [2.24, 2.45) is 5.73 Å². The minimum atomic E-state index is 0.123. The van der Waals surface area contributed by atoms with Gasteiger partial charge in [0.25, 0.3) is 0 Å². The van der Waals surface area contributed by atoms with E-state index in [1.807, 2.05) is 19.1 Å². The Bertz CT molecular complexity index is 369. The van der Waals surface area contributed by atoms with Crippen LogP contribution in [0.5, 0.6) is 5.75 Å². The summed E-state index contributed by atoms with van der Waals surface area (Å²) in [6.45, 7) is 6.15. The number of nitrogens with two attached hydrogens (primary N) is 1. The molecule has 2 N–H and O–H groups in total. The molecule has 1 rings (SSSR count). The first kappa shape index (κ1) is 16.5. The van der Waals surface area contributed by atoms with Gasteiger partial charge in [0.05, 0.1) is 11.1 Å². The molecule has 1 atom stereocenters. The van der Waals surface area contributed by atoms with Gasteiger partial charge in [-0.25, -0.2) is 0 Å². The second-order valence-corrected chi connectivity index (χ2v) is 5.58. The molecule has 0 aliphatic heterocycles. The molecule has 1 aromatic rings. The van der Waals surface area contributed by atoms with E-state index in [0.29, 0.717) is 13.2 Å². The summed E-state index contributed by atoms with van der Waals surface area (Å²) < 4.78 is 12.3. The third-order valence-corrected chi connectivity index (χ3v) is 3.33. The van der Waals surface area contributed by atoms with Crippen molar-refractivity contribution in [3.8, 4) is 5.75 Å². The molecular weight excluding hydrogens is 306 g/mol. The lowest BCUT2D eigenvalue weighted by Gasteiger charge is -2.14. The largest absolute Gasteiger partial charge is 0.490 e. The molecule has 0 aliphatic carbocycles. The van der Waals surface area contributed by atoms with Crippen LogP contribution in [0.25, 0.3) is 0 Å². The van der Waals surface area contributed by atoms with Gasteiger partial charge in [-0.15, -0.1) is 0 Å². The predicted octanol–water partition coefficient (Wildman–Crippen LogP) is 3.53. The molecule has 1 aromatic carbocycles. The maximum Gasteiger partial charge on any atom is 0.136 e. The fraction of sp³-hybridized carbons (Fsp3) is 0.600. The lowest BCUT2D eigenvalue weighted by Crippen LogP contribution is -2.18. The van der Waals surface area contributed by atoms with Crippen LogP contribution in [0.4, 0.5) is 0 Å². The van der Waals surface area contributed by atoms with E-state index in [-0.39, 0.29) is 6.04 Å². The number of para-hydroxylation sites is 1. The molecule has 4 heteroatoms. The SMILES string of the molecule is CCCCOCCOc1c(Br)cccc1CC(C)N. The molecule has 0 bridgehead atoms. The number of unbranched alkanes of at least 4 members (excludes halogenated alkanes) is 1. The molecule has 0 saturated carbocycles. The fourth-order valence-corrected chi connectivity index (χ4v) is 2.30. The van der Waals surface area contributed by atoms with Crippen molar-refractivity contribution in [1.29, 1.82) is 0 Å². The van der Waals surface area contributed by atoms with Gasteiger partial charge in [-0.3, -0.25) is 0 Å². The standard InChI is InChI=1S/C15H24BrNO2/c1-3-4-8-18-9-10-19-15-13(11-12(2)17)6-5-7-14(15)16/h5-7,12H,3-4,8-11,17H2,1-2H3. The van der Waals surface area contributed by atoms with Crippen LogP contribution in [0.15, 0.2) is 22.7 Å². The number of hydrogen-bond donors (Lipinski definition) is 1. The van der Waals surface area contributed by atoms with Gasteiger partial charge in [0.2, 0.25) is 0 Å². The molecule has 0 heterocycles. The van der Waals surface area contributed by atoms with Crippen LogP contribution in [0.2, 0.25) is 0 Å². The van der Waals surface area contributed by atoms with Gasteiger partial charge in [0, 0.05) is 12.6 Å². The Morgan fingerprint density at radius 1 is 1.26 bits per heavy atom. The van der Waals surface area contributed by atoms with Crippen LogP contribution >= 0.6 is 15.9 Å². The Kier molecular flexibility index (Phi) is 8.10. The van der Waals surface area contributed by atoms with Crippen molar-refractivity contribution < 1.29 is 9.47 Å². The summed E-state index contributed by atoms with van der Waals surface area (Å²) in [4.78, 5) is 0. The molecular formula is C15H24BrNO2. The summed E-state index contributed by atoms with van der Waals surface area (Å²) >= 11 is 3.52. The van der Waals surface area contributed by atoms with E-state index in [1.54, 1.807) is 0 Å². The van der Waals surface area contributed by atoms with E-state index in [0.717, 1.165) is 41.7 Å². The van der Waals surface area contributed by atoms with Gasteiger partial charge < -0.3 is 15.2 Å². The summed E-state index contributed by atoms with van der Waals surface area (Å²) in [5.74, 6) is 0.888. The molecule has 0 amide bonds.